The van der Waals surface area contributed by atoms with E-state index in [1.165, 1.54) is 16.7 Å². The first kappa shape index (κ1) is 13.2. The number of benzene rings is 2. The van der Waals surface area contributed by atoms with Crippen molar-refractivity contribution in [1.82, 2.24) is 9.55 Å². The Kier molecular flexibility index (Phi) is 2.90. The van der Waals surface area contributed by atoms with Gasteiger partial charge in [0.05, 0.1) is 22.3 Å². The number of nitrogens with zero attached hydrogens (tertiary/aromatic N) is 1. The van der Waals surface area contributed by atoms with Crippen LogP contribution < -0.4 is 5.69 Å². The Morgan fingerprint density at radius 1 is 1.10 bits per heavy atom. The van der Waals surface area contributed by atoms with Gasteiger partial charge in [-0.15, -0.1) is 0 Å². The molecule has 3 aromatic rings. The molecule has 0 aliphatic heterocycles. The van der Waals surface area contributed by atoms with Gasteiger partial charge in [0, 0.05) is 0 Å². The van der Waals surface area contributed by atoms with Crippen LogP contribution in [0.1, 0.15) is 21.5 Å². The Balaban J connectivity index is 2.35. The number of rotatable bonds is 2. The van der Waals surface area contributed by atoms with Crippen molar-refractivity contribution in [2.75, 3.05) is 0 Å². The second-order valence-electron chi connectivity index (χ2n) is 5.15. The first-order chi connectivity index (χ1) is 9.95. The van der Waals surface area contributed by atoms with E-state index in [9.17, 15) is 9.59 Å². The Labute approximate surface area is 120 Å². The van der Waals surface area contributed by atoms with Gasteiger partial charge in [0.25, 0.3) is 0 Å². The van der Waals surface area contributed by atoms with Gasteiger partial charge in [0.15, 0.2) is 0 Å². The molecule has 0 saturated carbocycles. The van der Waals surface area contributed by atoms with Crippen LogP contribution in [0, 0.1) is 13.8 Å². The molecule has 0 amide bonds. The van der Waals surface area contributed by atoms with Crippen molar-refractivity contribution in [2.45, 2.75) is 13.8 Å². The van der Waals surface area contributed by atoms with Gasteiger partial charge >= 0.3 is 11.7 Å². The number of aromatic carboxylic acids is 1. The summed E-state index contributed by atoms with van der Waals surface area (Å²) in [4.78, 5) is 26.1. The minimum absolute atomic E-state index is 0.152. The normalized spacial score (nSPS) is 11.0. The van der Waals surface area contributed by atoms with Crippen LogP contribution in [0.4, 0.5) is 0 Å². The molecule has 0 saturated heterocycles. The summed E-state index contributed by atoms with van der Waals surface area (Å²) in [6.45, 7) is 3.91. The molecule has 106 valence electrons. The number of nitrogens with one attached hydrogen (secondary N) is 1. The molecule has 3 rings (SSSR count). The van der Waals surface area contributed by atoms with Crippen molar-refractivity contribution >= 4 is 17.0 Å². The van der Waals surface area contributed by atoms with Crippen LogP contribution in [0.2, 0.25) is 0 Å². The Morgan fingerprint density at radius 3 is 2.38 bits per heavy atom. The van der Waals surface area contributed by atoms with Crippen LogP contribution in [0.3, 0.4) is 0 Å². The number of aryl methyl sites for hydroxylation is 2. The van der Waals surface area contributed by atoms with E-state index in [2.05, 4.69) is 4.98 Å². The van der Waals surface area contributed by atoms with Crippen LogP contribution in [-0.2, 0) is 0 Å². The quantitative estimate of drug-likeness (QED) is 0.758. The zero-order valence-corrected chi connectivity index (χ0v) is 11.7. The van der Waals surface area contributed by atoms with Crippen molar-refractivity contribution < 1.29 is 9.90 Å². The lowest BCUT2D eigenvalue weighted by atomic mass is 10.1. The molecule has 5 nitrogen and oxygen atoms in total. The minimum Gasteiger partial charge on any atom is -0.478 e. The monoisotopic (exact) mass is 282 g/mol. The molecular formula is C16H14N2O3. The van der Waals surface area contributed by atoms with Gasteiger partial charge in [0.1, 0.15) is 0 Å². The van der Waals surface area contributed by atoms with Gasteiger partial charge in [-0.2, -0.15) is 0 Å². The SMILES string of the molecule is Cc1cc(C)cc(-n2c(=O)[nH]c3ccc(C(=O)O)cc32)c1. The molecule has 0 spiro atoms. The van der Waals surface area contributed by atoms with Gasteiger partial charge in [-0.05, 0) is 55.3 Å². The fourth-order valence-corrected chi connectivity index (χ4v) is 2.57. The number of carboxylic acid groups (broad SMARTS) is 1. The lowest BCUT2D eigenvalue weighted by molar-refractivity contribution is 0.0697. The number of hydrogen-bond donors (Lipinski definition) is 2. The van der Waals surface area contributed by atoms with E-state index in [1.54, 1.807) is 6.07 Å². The van der Waals surface area contributed by atoms with Crippen LogP contribution in [-0.4, -0.2) is 20.6 Å². The Bertz CT molecular complexity index is 899. The van der Waals surface area contributed by atoms with Crippen molar-refractivity contribution in [3.63, 3.8) is 0 Å². The molecule has 0 unspecified atom stereocenters. The topological polar surface area (TPSA) is 75.1 Å². The van der Waals surface area contributed by atoms with E-state index in [1.807, 2.05) is 32.0 Å². The maximum absolute atomic E-state index is 12.2. The maximum Gasteiger partial charge on any atom is 0.335 e. The molecule has 0 aliphatic carbocycles. The molecule has 1 heterocycles. The fraction of sp³-hybridized carbons (Fsp3) is 0.125. The smallest absolute Gasteiger partial charge is 0.335 e. The van der Waals surface area contributed by atoms with E-state index in [-0.39, 0.29) is 11.3 Å². The molecule has 0 atom stereocenters. The van der Waals surface area contributed by atoms with E-state index in [0.717, 1.165) is 16.8 Å². The maximum atomic E-state index is 12.2. The number of H-pyrrole nitrogens is 1. The summed E-state index contributed by atoms with van der Waals surface area (Å²) in [7, 11) is 0. The number of aromatic nitrogens is 2. The molecule has 1 aromatic heterocycles. The molecule has 0 bridgehead atoms. The van der Waals surface area contributed by atoms with Crippen molar-refractivity contribution in [3.8, 4) is 5.69 Å². The van der Waals surface area contributed by atoms with Crippen LogP contribution >= 0.6 is 0 Å². The molecular weight excluding hydrogens is 268 g/mol. The standard InChI is InChI=1S/C16H14N2O3/c1-9-5-10(2)7-12(6-9)18-14-8-11(15(19)20)3-4-13(14)17-16(18)21/h3-8H,1-2H3,(H,17,21)(H,19,20). The average molecular weight is 282 g/mol. The van der Waals surface area contributed by atoms with Gasteiger partial charge in [-0.3, -0.25) is 4.57 Å². The molecule has 0 aliphatic rings. The summed E-state index contributed by atoms with van der Waals surface area (Å²) in [5.74, 6) is -1.02. The summed E-state index contributed by atoms with van der Waals surface area (Å²) in [5, 5.41) is 9.10. The lowest BCUT2D eigenvalue weighted by Gasteiger charge is -2.07. The number of carbonyl (C=O) groups is 1. The minimum atomic E-state index is -1.02. The third-order valence-electron chi connectivity index (χ3n) is 3.39. The molecule has 21 heavy (non-hydrogen) atoms. The molecule has 0 radical (unpaired) electrons. The largest absolute Gasteiger partial charge is 0.478 e. The molecule has 0 fully saturated rings. The second-order valence-corrected chi connectivity index (χ2v) is 5.15. The van der Waals surface area contributed by atoms with Gasteiger partial charge in [0.2, 0.25) is 0 Å². The Morgan fingerprint density at radius 2 is 1.76 bits per heavy atom. The van der Waals surface area contributed by atoms with Crippen molar-refractivity contribution in [3.05, 3.63) is 63.6 Å². The van der Waals surface area contributed by atoms with Crippen molar-refractivity contribution in [2.24, 2.45) is 0 Å². The number of carboxylic acids is 1. The van der Waals surface area contributed by atoms with E-state index in [4.69, 9.17) is 5.11 Å². The van der Waals surface area contributed by atoms with Crippen molar-refractivity contribution in [1.29, 1.82) is 0 Å². The van der Waals surface area contributed by atoms with Gasteiger partial charge < -0.3 is 10.1 Å². The highest BCUT2D eigenvalue weighted by atomic mass is 16.4. The van der Waals surface area contributed by atoms with Gasteiger partial charge in [-0.1, -0.05) is 6.07 Å². The lowest BCUT2D eigenvalue weighted by Crippen LogP contribution is -2.15. The second kappa shape index (κ2) is 4.63. The highest BCUT2D eigenvalue weighted by Gasteiger charge is 2.12. The Hall–Kier alpha value is -2.82. The summed E-state index contributed by atoms with van der Waals surface area (Å²) in [6, 6.07) is 10.4. The van der Waals surface area contributed by atoms with Gasteiger partial charge in [-0.25, -0.2) is 9.59 Å². The van der Waals surface area contributed by atoms with Crippen LogP contribution in [0.25, 0.3) is 16.7 Å². The average Bonchev–Trinajstić information content (AvgIpc) is 2.72. The molecule has 5 heteroatoms. The number of fused-ring (bicyclic) bond motifs is 1. The predicted octanol–water partition coefficient (Wildman–Crippen LogP) is 2.63. The van der Waals surface area contributed by atoms with E-state index >= 15 is 0 Å². The zero-order chi connectivity index (χ0) is 15.1. The fourth-order valence-electron chi connectivity index (χ4n) is 2.57. The molecule has 2 N–H and O–H groups in total. The highest BCUT2D eigenvalue weighted by Crippen LogP contribution is 2.19. The first-order valence-electron chi connectivity index (χ1n) is 6.52. The number of aromatic amines is 1. The summed E-state index contributed by atoms with van der Waals surface area (Å²) < 4.78 is 1.50. The summed E-state index contributed by atoms with van der Waals surface area (Å²) in [5.41, 5.74) is 3.86. The summed E-state index contributed by atoms with van der Waals surface area (Å²) >= 11 is 0. The first-order valence-corrected chi connectivity index (χ1v) is 6.52. The predicted molar refractivity (Wildman–Crippen MR) is 80.3 cm³/mol. The number of hydrogen-bond acceptors (Lipinski definition) is 2. The van der Waals surface area contributed by atoms with E-state index < -0.39 is 5.97 Å². The molecule has 2 aromatic carbocycles. The van der Waals surface area contributed by atoms with Crippen LogP contribution in [0.15, 0.2) is 41.2 Å². The highest BCUT2D eigenvalue weighted by molar-refractivity contribution is 5.92. The third kappa shape index (κ3) is 2.23. The number of imidazole rings is 1. The zero-order valence-electron chi connectivity index (χ0n) is 11.7. The van der Waals surface area contributed by atoms with Crippen LogP contribution in [0.5, 0.6) is 0 Å². The third-order valence-corrected chi connectivity index (χ3v) is 3.39. The van der Waals surface area contributed by atoms with E-state index in [0.29, 0.717) is 11.0 Å². The summed E-state index contributed by atoms with van der Waals surface area (Å²) in [6.07, 6.45) is 0.